The minimum atomic E-state index is 0. The molecule has 1 fully saturated rings. The van der Waals surface area contributed by atoms with Crippen molar-refractivity contribution < 1.29 is 5.11 Å². The smallest absolute Gasteiger partial charge is 0.224 e. The van der Waals surface area contributed by atoms with E-state index in [0.717, 1.165) is 36.5 Å². The van der Waals surface area contributed by atoms with Crippen LogP contribution < -0.4 is 10.6 Å². The lowest BCUT2D eigenvalue weighted by Crippen LogP contribution is -2.30. The summed E-state index contributed by atoms with van der Waals surface area (Å²) in [6, 6.07) is 0.167. The van der Waals surface area contributed by atoms with Crippen LogP contribution in [0.4, 0.5) is 11.8 Å². The number of fused-ring (bicyclic) bond motifs is 1. The van der Waals surface area contributed by atoms with Gasteiger partial charge < -0.3 is 20.3 Å². The van der Waals surface area contributed by atoms with Gasteiger partial charge in [0, 0.05) is 25.6 Å². The summed E-state index contributed by atoms with van der Waals surface area (Å²) in [5.74, 6) is 1.35. The van der Waals surface area contributed by atoms with Crippen LogP contribution in [0.1, 0.15) is 31.7 Å². The summed E-state index contributed by atoms with van der Waals surface area (Å²) in [4.78, 5) is 15.7. The molecule has 1 aliphatic heterocycles. The summed E-state index contributed by atoms with van der Waals surface area (Å²) in [7, 11) is 0. The van der Waals surface area contributed by atoms with Crippen molar-refractivity contribution in [2.45, 2.75) is 31.7 Å². The Morgan fingerprint density at radius 3 is 2.56 bits per heavy atom. The van der Waals surface area contributed by atoms with Crippen molar-refractivity contribution in [1.29, 1.82) is 0 Å². The number of anilines is 2. The van der Waals surface area contributed by atoms with Crippen molar-refractivity contribution in [3.05, 3.63) is 18.5 Å². The van der Waals surface area contributed by atoms with E-state index >= 15 is 0 Å². The van der Waals surface area contributed by atoms with Crippen LogP contribution in [0.5, 0.6) is 0 Å². The van der Waals surface area contributed by atoms with Gasteiger partial charge in [-0.3, -0.25) is 0 Å². The molecule has 1 saturated heterocycles. The van der Waals surface area contributed by atoms with E-state index in [-0.39, 0.29) is 43.4 Å². The predicted molar refractivity (Wildman–Crippen MR) is 104 cm³/mol. The molecule has 0 amide bonds. The van der Waals surface area contributed by atoms with Crippen LogP contribution in [0.3, 0.4) is 0 Å². The number of hydrogen-bond donors (Lipinski definition) is 2. The summed E-state index contributed by atoms with van der Waals surface area (Å²) >= 11 is 0. The first kappa shape index (κ1) is 19.8. The maximum Gasteiger partial charge on any atom is 0.224 e. The standard InChI is InChI=1S/C16H22N6O.2ClH/c17-16-19-14(21-6-2-1-3-7-21)13-15(20-16)22(10-18-13)12-5-4-11(8-12)9-23;;/h4-5,10-12,23H,1-3,6-9H2,(H2,17,19,20);2*1H/t11-,12+;;/m0../s1. The molecular formula is C16H24Cl2N6O. The lowest BCUT2D eigenvalue weighted by atomic mass is 10.1. The van der Waals surface area contributed by atoms with Crippen LogP contribution in [0.15, 0.2) is 18.5 Å². The molecule has 4 rings (SSSR count). The molecule has 0 unspecified atom stereocenters. The molecule has 2 aromatic rings. The van der Waals surface area contributed by atoms with Gasteiger partial charge in [-0.15, -0.1) is 24.8 Å². The van der Waals surface area contributed by atoms with E-state index in [1.807, 2.05) is 10.9 Å². The van der Waals surface area contributed by atoms with Gasteiger partial charge in [0.1, 0.15) is 0 Å². The Morgan fingerprint density at radius 1 is 1.12 bits per heavy atom. The normalized spacial score (nSPS) is 22.7. The number of hydrogen-bond acceptors (Lipinski definition) is 6. The zero-order chi connectivity index (χ0) is 15.8. The summed E-state index contributed by atoms with van der Waals surface area (Å²) in [5.41, 5.74) is 7.57. The Morgan fingerprint density at radius 2 is 1.88 bits per heavy atom. The van der Waals surface area contributed by atoms with Crippen LogP contribution in [-0.2, 0) is 0 Å². The molecule has 3 heterocycles. The van der Waals surface area contributed by atoms with Crippen LogP contribution in [0, 0.1) is 5.92 Å². The maximum absolute atomic E-state index is 9.32. The molecule has 7 nitrogen and oxygen atoms in total. The number of piperidine rings is 1. The second kappa shape index (κ2) is 8.21. The first-order chi connectivity index (χ1) is 11.3. The largest absolute Gasteiger partial charge is 0.396 e. The molecule has 9 heteroatoms. The fraction of sp³-hybridized carbons (Fsp3) is 0.562. The molecule has 3 N–H and O–H groups in total. The summed E-state index contributed by atoms with van der Waals surface area (Å²) in [5, 5.41) is 9.32. The van der Waals surface area contributed by atoms with E-state index in [9.17, 15) is 5.11 Å². The van der Waals surface area contributed by atoms with Gasteiger partial charge in [-0.25, -0.2) is 4.98 Å². The average molecular weight is 387 g/mol. The number of imidazole rings is 1. The van der Waals surface area contributed by atoms with Gasteiger partial charge in [0.15, 0.2) is 17.0 Å². The molecule has 138 valence electrons. The SMILES string of the molecule is Cl.Cl.Nc1nc(N2CCCCC2)c2ncn([C@@H]3C=C[C@H](CO)C3)c2n1. The molecule has 0 aromatic carbocycles. The van der Waals surface area contributed by atoms with Crippen molar-refractivity contribution in [2.24, 2.45) is 5.92 Å². The zero-order valence-electron chi connectivity index (χ0n) is 13.9. The molecule has 2 atom stereocenters. The first-order valence-electron chi connectivity index (χ1n) is 8.30. The fourth-order valence-electron chi connectivity index (χ4n) is 3.58. The van der Waals surface area contributed by atoms with E-state index < -0.39 is 0 Å². The first-order valence-corrected chi connectivity index (χ1v) is 8.30. The molecule has 1 aliphatic carbocycles. The molecule has 0 radical (unpaired) electrons. The Balaban J connectivity index is 0.00000113. The van der Waals surface area contributed by atoms with Crippen LogP contribution in [-0.4, -0.2) is 44.3 Å². The second-order valence-electron chi connectivity index (χ2n) is 6.41. The fourth-order valence-corrected chi connectivity index (χ4v) is 3.58. The number of aliphatic hydroxyl groups is 1. The quantitative estimate of drug-likeness (QED) is 0.786. The van der Waals surface area contributed by atoms with Crippen LogP contribution in [0.2, 0.25) is 0 Å². The van der Waals surface area contributed by atoms with E-state index in [1.54, 1.807) is 0 Å². The second-order valence-corrected chi connectivity index (χ2v) is 6.41. The van der Waals surface area contributed by atoms with Crippen molar-refractivity contribution in [1.82, 2.24) is 19.5 Å². The van der Waals surface area contributed by atoms with Crippen molar-refractivity contribution >= 4 is 47.7 Å². The van der Waals surface area contributed by atoms with Gasteiger partial charge in [0.25, 0.3) is 0 Å². The molecular weight excluding hydrogens is 363 g/mol. The molecule has 0 spiro atoms. The third-order valence-corrected chi connectivity index (χ3v) is 4.82. The number of aromatic nitrogens is 4. The van der Waals surface area contributed by atoms with Gasteiger partial charge in [-0.1, -0.05) is 12.2 Å². The third kappa shape index (κ3) is 3.68. The number of aliphatic hydroxyl groups excluding tert-OH is 1. The van der Waals surface area contributed by atoms with Gasteiger partial charge >= 0.3 is 0 Å². The molecule has 0 saturated carbocycles. The third-order valence-electron chi connectivity index (χ3n) is 4.82. The molecule has 2 aromatic heterocycles. The molecule has 25 heavy (non-hydrogen) atoms. The maximum atomic E-state index is 9.32. The van der Waals surface area contributed by atoms with Gasteiger partial charge in [-0.05, 0) is 25.7 Å². The van der Waals surface area contributed by atoms with E-state index in [0.29, 0.717) is 5.95 Å². The van der Waals surface area contributed by atoms with Gasteiger partial charge in [-0.2, -0.15) is 9.97 Å². The Kier molecular flexibility index (Phi) is 6.48. The lowest BCUT2D eigenvalue weighted by molar-refractivity contribution is 0.244. The number of rotatable bonds is 3. The Bertz CT molecular complexity index is 744. The van der Waals surface area contributed by atoms with Crippen molar-refractivity contribution in [3.63, 3.8) is 0 Å². The average Bonchev–Trinajstić information content (AvgIpc) is 3.21. The lowest BCUT2D eigenvalue weighted by Gasteiger charge is -2.27. The monoisotopic (exact) mass is 386 g/mol. The Labute approximate surface area is 159 Å². The minimum Gasteiger partial charge on any atom is -0.396 e. The highest BCUT2D eigenvalue weighted by atomic mass is 35.5. The number of allylic oxidation sites excluding steroid dienone is 1. The van der Waals surface area contributed by atoms with E-state index in [2.05, 4.69) is 32.0 Å². The van der Waals surface area contributed by atoms with Crippen LogP contribution in [0.25, 0.3) is 11.2 Å². The highest BCUT2D eigenvalue weighted by molar-refractivity contribution is 5.86. The number of halogens is 2. The Hall–Kier alpha value is -1.57. The molecule has 2 aliphatic rings. The van der Waals surface area contributed by atoms with E-state index in [4.69, 9.17) is 5.73 Å². The van der Waals surface area contributed by atoms with Crippen molar-refractivity contribution in [3.8, 4) is 0 Å². The number of nitrogens with two attached hydrogens (primary N) is 1. The topological polar surface area (TPSA) is 93.1 Å². The summed E-state index contributed by atoms with van der Waals surface area (Å²) < 4.78 is 2.05. The minimum absolute atomic E-state index is 0. The summed E-state index contributed by atoms with van der Waals surface area (Å²) in [6.45, 7) is 2.17. The number of nitrogens with zero attached hydrogens (tertiary/aromatic N) is 5. The number of nitrogen functional groups attached to an aromatic ring is 1. The molecule has 0 bridgehead atoms. The van der Waals surface area contributed by atoms with Gasteiger partial charge in [0.05, 0.1) is 12.4 Å². The highest BCUT2D eigenvalue weighted by Crippen LogP contribution is 2.32. The van der Waals surface area contributed by atoms with Crippen molar-refractivity contribution in [2.75, 3.05) is 30.3 Å². The summed E-state index contributed by atoms with van der Waals surface area (Å²) in [6.07, 6.45) is 10.5. The van der Waals surface area contributed by atoms with Crippen LogP contribution >= 0.6 is 24.8 Å². The van der Waals surface area contributed by atoms with E-state index in [1.165, 1.54) is 19.3 Å². The van der Waals surface area contributed by atoms with Gasteiger partial charge in [0.2, 0.25) is 5.95 Å². The predicted octanol–water partition coefficient (Wildman–Crippen LogP) is 2.35. The highest BCUT2D eigenvalue weighted by Gasteiger charge is 2.24. The zero-order valence-corrected chi connectivity index (χ0v) is 15.5.